The molecule has 0 atom stereocenters. The zero-order valence-electron chi connectivity index (χ0n) is 16.9. The van der Waals surface area contributed by atoms with Crippen molar-refractivity contribution in [3.63, 3.8) is 0 Å². The van der Waals surface area contributed by atoms with Crippen LogP contribution in [0.3, 0.4) is 0 Å². The van der Waals surface area contributed by atoms with Crippen LogP contribution in [0.4, 0.5) is 5.95 Å². The normalized spacial score (nSPS) is 20.3. The van der Waals surface area contributed by atoms with Gasteiger partial charge in [0.05, 0.1) is 6.61 Å². The van der Waals surface area contributed by atoms with Crippen molar-refractivity contribution in [3.8, 4) is 0 Å². The Morgan fingerprint density at radius 3 is 2.71 bits per heavy atom. The van der Waals surface area contributed by atoms with Gasteiger partial charge in [0.15, 0.2) is 0 Å². The molecule has 4 rings (SSSR count). The van der Waals surface area contributed by atoms with Crippen LogP contribution >= 0.6 is 0 Å². The Kier molecular flexibility index (Phi) is 5.68. The summed E-state index contributed by atoms with van der Waals surface area (Å²) in [5.74, 6) is 0.687. The molecule has 0 spiro atoms. The van der Waals surface area contributed by atoms with E-state index in [0.717, 1.165) is 60.8 Å². The predicted molar refractivity (Wildman–Crippen MR) is 111 cm³/mol. The molecule has 0 unspecified atom stereocenters. The van der Waals surface area contributed by atoms with E-state index in [1.807, 2.05) is 23.0 Å². The topological polar surface area (TPSA) is 89.8 Å². The summed E-state index contributed by atoms with van der Waals surface area (Å²) in [6, 6.07) is 5.21. The van der Waals surface area contributed by atoms with Gasteiger partial charge >= 0.3 is 0 Å². The lowest BCUT2D eigenvalue weighted by atomic mass is 9.91. The second-order valence-electron chi connectivity index (χ2n) is 7.83. The number of rotatable bonds is 7. The van der Waals surface area contributed by atoms with E-state index in [1.165, 1.54) is 0 Å². The first kappa shape index (κ1) is 19.0. The lowest BCUT2D eigenvalue weighted by molar-refractivity contribution is 0.191. The Morgan fingerprint density at radius 1 is 1.18 bits per heavy atom. The molecule has 0 bridgehead atoms. The standard InChI is InChI=1S/C20H29N7O/c1-13(2)27-19-17(25-26-27)9-4-14-12-22-20(24-18(14)19)23-16-7-5-15(6-8-16)21-10-11-28-3/h4,9,12-13,15-16,21H,5-8,10-11H2,1-3H3,(H,22,23,24)/t15-,16-. The highest BCUT2D eigenvalue weighted by molar-refractivity contribution is 6.01. The van der Waals surface area contributed by atoms with Gasteiger partial charge in [-0.05, 0) is 51.7 Å². The molecule has 0 amide bonds. The average molecular weight is 384 g/mol. The van der Waals surface area contributed by atoms with Crippen LogP contribution in [0.2, 0.25) is 0 Å². The molecule has 1 fully saturated rings. The van der Waals surface area contributed by atoms with Crippen LogP contribution in [0.15, 0.2) is 18.3 Å². The SMILES string of the molecule is COCCN[C@H]1CC[C@H](Nc2ncc3ccc4nnn(C(C)C)c4c3n2)CC1. The smallest absolute Gasteiger partial charge is 0.223 e. The third-order valence-corrected chi connectivity index (χ3v) is 5.47. The maximum Gasteiger partial charge on any atom is 0.223 e. The monoisotopic (exact) mass is 383 g/mol. The van der Waals surface area contributed by atoms with E-state index in [4.69, 9.17) is 9.72 Å². The lowest BCUT2D eigenvalue weighted by Crippen LogP contribution is -2.38. The van der Waals surface area contributed by atoms with Gasteiger partial charge in [-0.25, -0.2) is 14.6 Å². The Morgan fingerprint density at radius 2 is 1.96 bits per heavy atom. The lowest BCUT2D eigenvalue weighted by Gasteiger charge is -2.29. The van der Waals surface area contributed by atoms with Crippen molar-refractivity contribution in [2.24, 2.45) is 0 Å². The first-order valence-electron chi connectivity index (χ1n) is 10.1. The summed E-state index contributed by atoms with van der Waals surface area (Å²) in [7, 11) is 1.74. The highest BCUT2D eigenvalue weighted by Gasteiger charge is 2.21. The summed E-state index contributed by atoms with van der Waals surface area (Å²) in [5.41, 5.74) is 2.75. The zero-order chi connectivity index (χ0) is 19.5. The van der Waals surface area contributed by atoms with E-state index in [0.29, 0.717) is 18.0 Å². The molecule has 3 aromatic rings. The predicted octanol–water partition coefficient (Wildman–Crippen LogP) is 2.91. The molecule has 8 heteroatoms. The molecule has 1 aromatic carbocycles. The fourth-order valence-corrected chi connectivity index (χ4v) is 3.94. The highest BCUT2D eigenvalue weighted by atomic mass is 16.5. The van der Waals surface area contributed by atoms with Crippen LogP contribution in [0.25, 0.3) is 21.9 Å². The van der Waals surface area contributed by atoms with Gasteiger partial charge in [-0.15, -0.1) is 5.10 Å². The van der Waals surface area contributed by atoms with Crippen molar-refractivity contribution >= 4 is 27.9 Å². The molecule has 1 aliphatic carbocycles. The van der Waals surface area contributed by atoms with Crippen molar-refractivity contribution in [3.05, 3.63) is 18.3 Å². The van der Waals surface area contributed by atoms with Crippen LogP contribution in [0.1, 0.15) is 45.6 Å². The van der Waals surface area contributed by atoms with Crippen LogP contribution in [-0.4, -0.2) is 57.3 Å². The van der Waals surface area contributed by atoms with Crippen molar-refractivity contribution in [1.29, 1.82) is 0 Å². The van der Waals surface area contributed by atoms with Gasteiger partial charge in [-0.1, -0.05) is 5.21 Å². The fraction of sp³-hybridized carbons (Fsp3) is 0.600. The highest BCUT2D eigenvalue weighted by Crippen LogP contribution is 2.26. The van der Waals surface area contributed by atoms with Crippen LogP contribution in [-0.2, 0) is 4.74 Å². The van der Waals surface area contributed by atoms with Crippen molar-refractivity contribution in [2.45, 2.75) is 57.7 Å². The van der Waals surface area contributed by atoms with Gasteiger partial charge in [0.25, 0.3) is 0 Å². The number of benzene rings is 1. The van der Waals surface area contributed by atoms with Crippen LogP contribution < -0.4 is 10.6 Å². The number of nitrogens with one attached hydrogen (secondary N) is 2. The molecule has 0 saturated heterocycles. The zero-order valence-corrected chi connectivity index (χ0v) is 16.9. The van der Waals surface area contributed by atoms with E-state index in [1.54, 1.807) is 7.11 Å². The third kappa shape index (κ3) is 3.93. The number of aromatic nitrogens is 5. The molecular weight excluding hydrogens is 354 g/mol. The van der Waals surface area contributed by atoms with E-state index in [2.05, 4.69) is 39.8 Å². The van der Waals surface area contributed by atoms with Crippen molar-refractivity contribution in [2.75, 3.05) is 25.6 Å². The second kappa shape index (κ2) is 8.36. The molecule has 150 valence electrons. The summed E-state index contributed by atoms with van der Waals surface area (Å²) >= 11 is 0. The molecule has 0 aliphatic heterocycles. The number of nitrogens with zero attached hydrogens (tertiary/aromatic N) is 5. The maximum absolute atomic E-state index is 5.11. The summed E-state index contributed by atoms with van der Waals surface area (Å²) < 4.78 is 7.05. The Balaban J connectivity index is 1.49. The molecule has 2 heterocycles. The number of ether oxygens (including phenoxy) is 1. The van der Waals surface area contributed by atoms with Gasteiger partial charge in [0.2, 0.25) is 5.95 Å². The average Bonchev–Trinajstić information content (AvgIpc) is 3.14. The number of methoxy groups -OCH3 is 1. The molecular formula is C20H29N7O. The Bertz CT molecular complexity index is 931. The number of hydrogen-bond donors (Lipinski definition) is 2. The first-order chi connectivity index (χ1) is 13.7. The fourth-order valence-electron chi connectivity index (χ4n) is 3.94. The summed E-state index contributed by atoms with van der Waals surface area (Å²) in [4.78, 5) is 9.38. The number of anilines is 1. The molecule has 2 aromatic heterocycles. The van der Waals surface area contributed by atoms with E-state index < -0.39 is 0 Å². The molecule has 1 aliphatic rings. The Labute approximate surface area is 165 Å². The van der Waals surface area contributed by atoms with Gasteiger partial charge < -0.3 is 15.4 Å². The molecule has 2 N–H and O–H groups in total. The molecule has 1 saturated carbocycles. The Hall–Kier alpha value is -2.32. The van der Waals surface area contributed by atoms with Crippen LogP contribution in [0, 0.1) is 0 Å². The van der Waals surface area contributed by atoms with Crippen molar-refractivity contribution in [1.82, 2.24) is 30.3 Å². The molecule has 28 heavy (non-hydrogen) atoms. The third-order valence-electron chi connectivity index (χ3n) is 5.47. The minimum absolute atomic E-state index is 0.225. The van der Waals surface area contributed by atoms with E-state index >= 15 is 0 Å². The van der Waals surface area contributed by atoms with Gasteiger partial charge in [0.1, 0.15) is 16.6 Å². The number of fused-ring (bicyclic) bond motifs is 3. The minimum atomic E-state index is 0.225. The quantitative estimate of drug-likeness (QED) is 0.606. The summed E-state index contributed by atoms with van der Waals surface area (Å²) in [6.07, 6.45) is 6.43. The maximum atomic E-state index is 5.11. The molecule has 8 nitrogen and oxygen atoms in total. The van der Waals surface area contributed by atoms with Gasteiger partial charge in [-0.3, -0.25) is 0 Å². The number of hydrogen-bond acceptors (Lipinski definition) is 7. The second-order valence-corrected chi connectivity index (χ2v) is 7.83. The first-order valence-corrected chi connectivity index (χ1v) is 10.1. The minimum Gasteiger partial charge on any atom is -0.383 e. The van der Waals surface area contributed by atoms with Crippen LogP contribution in [0.5, 0.6) is 0 Å². The summed E-state index contributed by atoms with van der Waals surface area (Å²) in [5, 5.41) is 16.7. The molecule has 0 radical (unpaired) electrons. The van der Waals surface area contributed by atoms with Crippen molar-refractivity contribution < 1.29 is 4.74 Å². The summed E-state index contributed by atoms with van der Waals surface area (Å²) in [6.45, 7) is 5.89. The van der Waals surface area contributed by atoms with E-state index in [-0.39, 0.29) is 6.04 Å². The van der Waals surface area contributed by atoms with E-state index in [9.17, 15) is 0 Å². The van der Waals surface area contributed by atoms with Gasteiger partial charge in [-0.2, -0.15) is 0 Å². The largest absolute Gasteiger partial charge is 0.383 e. The van der Waals surface area contributed by atoms with Gasteiger partial charge in [0, 0.05) is 43.4 Å².